The van der Waals surface area contributed by atoms with Crippen LogP contribution in [0.1, 0.15) is 11.1 Å². The van der Waals surface area contributed by atoms with Crippen LogP contribution in [0.5, 0.6) is 0 Å². The Kier molecular flexibility index (Phi) is 4.26. The molecule has 1 fully saturated rings. The zero-order chi connectivity index (χ0) is 18.3. The number of halogens is 3. The number of hydrogen-bond acceptors (Lipinski definition) is 5. The number of alkyl halides is 3. The number of carbonyl (C=O) groups excluding carboxylic acids is 2. The third-order valence-electron chi connectivity index (χ3n) is 3.93. The van der Waals surface area contributed by atoms with Crippen molar-refractivity contribution in [1.82, 2.24) is 4.90 Å². The van der Waals surface area contributed by atoms with Gasteiger partial charge in [-0.05, 0) is 18.2 Å². The van der Waals surface area contributed by atoms with E-state index in [-0.39, 0.29) is 0 Å². The highest BCUT2D eigenvalue weighted by Gasteiger charge is 2.56. The number of rotatable bonds is 3. The van der Waals surface area contributed by atoms with Crippen LogP contribution in [-0.2, 0) is 11.0 Å². The lowest BCUT2D eigenvalue weighted by atomic mass is 10.0. The molecule has 0 spiro atoms. The van der Waals surface area contributed by atoms with Gasteiger partial charge in [0.15, 0.2) is 5.54 Å². The molecule has 1 saturated heterocycles. The second-order valence-corrected chi connectivity index (χ2v) is 5.17. The summed E-state index contributed by atoms with van der Waals surface area (Å²) in [5.41, 5.74) is -4.32. The topological polar surface area (TPSA) is 105 Å². The van der Waals surface area contributed by atoms with Crippen LogP contribution in [-0.4, -0.2) is 52.9 Å². The highest BCUT2D eigenvalue weighted by molar-refractivity contribution is 6.23. The number of carbonyl (C=O) groups is 2. The van der Waals surface area contributed by atoms with E-state index in [1.165, 1.54) is 6.07 Å². The summed E-state index contributed by atoms with van der Waals surface area (Å²) in [7, 11) is 1.14. The van der Waals surface area contributed by atoms with Gasteiger partial charge in [-0.25, -0.2) is 9.69 Å². The summed E-state index contributed by atoms with van der Waals surface area (Å²) < 4.78 is 39.1. The van der Waals surface area contributed by atoms with E-state index >= 15 is 0 Å². The van der Waals surface area contributed by atoms with Crippen molar-refractivity contribution in [2.45, 2.75) is 11.7 Å². The maximum atomic E-state index is 13.0. The second kappa shape index (κ2) is 5.77. The normalized spacial score (nSPS) is 17.4. The molecule has 2 rings (SSSR count). The molecule has 2 N–H and O–H groups in total. The van der Waals surface area contributed by atoms with Crippen molar-refractivity contribution in [2.75, 3.05) is 25.2 Å². The molecule has 0 atom stereocenters. The molecule has 128 valence electrons. The van der Waals surface area contributed by atoms with Gasteiger partial charge in [0.25, 0.3) is 5.91 Å². The van der Waals surface area contributed by atoms with E-state index in [9.17, 15) is 33.0 Å². The molecule has 1 aromatic carbocycles. The van der Waals surface area contributed by atoms with Crippen molar-refractivity contribution in [2.24, 2.45) is 0 Å². The van der Waals surface area contributed by atoms with Crippen molar-refractivity contribution in [3.05, 3.63) is 29.3 Å². The molecule has 0 saturated carbocycles. The second-order valence-electron chi connectivity index (χ2n) is 5.17. The predicted octanol–water partition coefficient (Wildman–Crippen LogP) is 0.699. The molecule has 1 aliphatic heterocycles. The minimum Gasteiger partial charge on any atom is -0.393 e. The first-order valence-electron chi connectivity index (χ1n) is 6.59. The molecule has 1 aliphatic rings. The fourth-order valence-corrected chi connectivity index (χ4v) is 2.40. The van der Waals surface area contributed by atoms with Gasteiger partial charge < -0.3 is 15.1 Å². The fourth-order valence-electron chi connectivity index (χ4n) is 2.40. The first-order chi connectivity index (χ1) is 11.1. The molecule has 0 aliphatic carbocycles. The van der Waals surface area contributed by atoms with Gasteiger partial charge in [-0.2, -0.15) is 18.4 Å². The number of benzene rings is 1. The Balaban J connectivity index is 2.59. The smallest absolute Gasteiger partial charge is 0.393 e. The Hall–Kier alpha value is -2.64. The van der Waals surface area contributed by atoms with Crippen LogP contribution in [0.2, 0.25) is 0 Å². The molecule has 0 aromatic heterocycles. The third kappa shape index (κ3) is 2.38. The van der Waals surface area contributed by atoms with Crippen LogP contribution in [0.15, 0.2) is 18.2 Å². The zero-order valence-corrected chi connectivity index (χ0v) is 12.3. The number of aliphatic hydroxyl groups excluding tert-OH is 2. The van der Waals surface area contributed by atoms with E-state index in [2.05, 4.69) is 0 Å². The van der Waals surface area contributed by atoms with Gasteiger partial charge in [-0.1, -0.05) is 0 Å². The predicted molar refractivity (Wildman–Crippen MR) is 73.7 cm³/mol. The summed E-state index contributed by atoms with van der Waals surface area (Å²) >= 11 is 0. The minimum absolute atomic E-state index is 0.410. The molecular weight excluding hydrogens is 331 g/mol. The standard InChI is InChI=1S/C14H12F3N3O4/c1-19-12(24)20(11(23)13(19,6-21)7-22)9-3-2-8(5-18)10(4-9)14(15,16)17/h2-4,21-22H,6-7H2,1H3. The number of aliphatic hydroxyl groups is 2. The summed E-state index contributed by atoms with van der Waals surface area (Å²) in [6.07, 6.45) is -4.86. The van der Waals surface area contributed by atoms with Crippen LogP contribution < -0.4 is 4.90 Å². The van der Waals surface area contributed by atoms with Gasteiger partial charge in [0.1, 0.15) is 0 Å². The highest BCUT2D eigenvalue weighted by atomic mass is 19.4. The molecule has 0 radical (unpaired) electrons. The van der Waals surface area contributed by atoms with E-state index in [0.29, 0.717) is 11.0 Å². The third-order valence-corrected chi connectivity index (χ3v) is 3.93. The van der Waals surface area contributed by atoms with E-state index in [0.717, 1.165) is 24.1 Å². The van der Waals surface area contributed by atoms with E-state index in [1.807, 2.05) is 0 Å². The fraction of sp³-hybridized carbons (Fsp3) is 0.357. The van der Waals surface area contributed by atoms with Crippen molar-refractivity contribution in [1.29, 1.82) is 5.26 Å². The van der Waals surface area contributed by atoms with Crippen LogP contribution in [0.4, 0.5) is 23.7 Å². The first kappa shape index (κ1) is 17.7. The number of nitrogens with zero attached hydrogens (tertiary/aromatic N) is 3. The molecule has 0 unspecified atom stereocenters. The first-order valence-corrected chi connectivity index (χ1v) is 6.59. The average molecular weight is 343 g/mol. The Morgan fingerprint density at radius 2 is 1.83 bits per heavy atom. The summed E-state index contributed by atoms with van der Waals surface area (Å²) in [4.78, 5) is 25.8. The van der Waals surface area contributed by atoms with Gasteiger partial charge in [0.05, 0.1) is 36.1 Å². The zero-order valence-electron chi connectivity index (χ0n) is 12.3. The van der Waals surface area contributed by atoms with E-state index < -0.39 is 53.7 Å². The SMILES string of the molecule is CN1C(=O)N(c2ccc(C#N)c(C(F)(F)F)c2)C(=O)C1(CO)CO. The van der Waals surface area contributed by atoms with Crippen molar-refractivity contribution < 1.29 is 33.0 Å². The number of hydrogen-bond donors (Lipinski definition) is 2. The maximum Gasteiger partial charge on any atom is 0.417 e. The number of anilines is 1. The lowest BCUT2D eigenvalue weighted by Crippen LogP contribution is -2.54. The lowest BCUT2D eigenvalue weighted by Gasteiger charge is -2.27. The quantitative estimate of drug-likeness (QED) is 0.786. The summed E-state index contributed by atoms with van der Waals surface area (Å²) in [6.45, 7) is -1.80. The van der Waals surface area contributed by atoms with Gasteiger partial charge in [0.2, 0.25) is 0 Å². The molecular formula is C14H12F3N3O4. The summed E-state index contributed by atoms with van der Waals surface area (Å²) in [6, 6.07) is 2.76. The number of amides is 3. The van der Waals surface area contributed by atoms with Crippen LogP contribution >= 0.6 is 0 Å². The molecule has 3 amide bonds. The number of urea groups is 1. The number of nitriles is 1. The van der Waals surface area contributed by atoms with Crippen molar-refractivity contribution in [3.63, 3.8) is 0 Å². The molecule has 24 heavy (non-hydrogen) atoms. The van der Waals surface area contributed by atoms with Crippen molar-refractivity contribution in [3.8, 4) is 6.07 Å². The van der Waals surface area contributed by atoms with Gasteiger partial charge in [0, 0.05) is 7.05 Å². The van der Waals surface area contributed by atoms with Gasteiger partial charge >= 0.3 is 12.2 Å². The Morgan fingerprint density at radius 3 is 2.25 bits per heavy atom. The Morgan fingerprint density at radius 1 is 1.25 bits per heavy atom. The molecule has 7 nitrogen and oxygen atoms in total. The molecule has 1 heterocycles. The number of likely N-dealkylation sites (N-methyl/N-ethyl adjacent to an activating group) is 1. The monoisotopic (exact) mass is 343 g/mol. The maximum absolute atomic E-state index is 13.0. The van der Waals surface area contributed by atoms with Crippen molar-refractivity contribution >= 4 is 17.6 Å². The van der Waals surface area contributed by atoms with Gasteiger partial charge in [-0.3, -0.25) is 4.79 Å². The molecule has 0 bridgehead atoms. The van der Waals surface area contributed by atoms with Crippen LogP contribution in [0.25, 0.3) is 0 Å². The van der Waals surface area contributed by atoms with E-state index in [4.69, 9.17) is 5.26 Å². The Bertz CT molecular complexity index is 738. The van der Waals surface area contributed by atoms with E-state index in [1.54, 1.807) is 0 Å². The Labute approximate surface area is 134 Å². The minimum atomic E-state index is -4.86. The van der Waals surface area contributed by atoms with Crippen LogP contribution in [0, 0.1) is 11.3 Å². The number of imide groups is 1. The van der Waals surface area contributed by atoms with Crippen LogP contribution in [0.3, 0.4) is 0 Å². The largest absolute Gasteiger partial charge is 0.417 e. The molecule has 10 heteroatoms. The lowest BCUT2D eigenvalue weighted by molar-refractivity contribution is -0.138. The summed E-state index contributed by atoms with van der Waals surface area (Å²) in [5.74, 6) is -1.06. The summed E-state index contributed by atoms with van der Waals surface area (Å²) in [5, 5.41) is 27.5. The average Bonchev–Trinajstić information content (AvgIpc) is 2.73. The highest BCUT2D eigenvalue weighted by Crippen LogP contribution is 2.37. The van der Waals surface area contributed by atoms with Gasteiger partial charge in [-0.15, -0.1) is 0 Å². The molecule has 1 aromatic rings.